The van der Waals surface area contributed by atoms with Gasteiger partial charge in [-0.3, -0.25) is 19.2 Å². The molecule has 2 amide bonds. The molecule has 0 saturated heterocycles. The summed E-state index contributed by atoms with van der Waals surface area (Å²) >= 11 is 0. The minimum Gasteiger partial charge on any atom is -0.380 e. The van der Waals surface area contributed by atoms with E-state index in [1.54, 1.807) is 14.1 Å². The van der Waals surface area contributed by atoms with E-state index in [1.807, 2.05) is 0 Å². The zero-order valence-electron chi connectivity index (χ0n) is 25.1. The van der Waals surface area contributed by atoms with Crippen LogP contribution in [0.25, 0.3) is 0 Å². The van der Waals surface area contributed by atoms with E-state index in [1.165, 1.54) is 17.7 Å². The zero-order valence-corrected chi connectivity index (χ0v) is 25.1. The van der Waals surface area contributed by atoms with Crippen LogP contribution in [0, 0.1) is 0 Å². The van der Waals surface area contributed by atoms with Gasteiger partial charge in [0.25, 0.3) is 10.9 Å². The molecule has 0 radical (unpaired) electrons. The maximum Gasteiger partial charge on any atom is 0.416 e. The van der Waals surface area contributed by atoms with Crippen molar-refractivity contribution in [3.63, 3.8) is 0 Å². The first-order valence-electron chi connectivity index (χ1n) is 14.7. The molecule has 44 heavy (non-hydrogen) atoms. The summed E-state index contributed by atoms with van der Waals surface area (Å²) < 4.78 is 79.0. The number of rotatable bonds is 18. The number of alkyl halides is 6. The van der Waals surface area contributed by atoms with E-state index in [0.29, 0.717) is 37.8 Å². The third kappa shape index (κ3) is 11.2. The number of nitrogens with zero attached hydrogens (tertiary/aromatic N) is 1. The summed E-state index contributed by atoms with van der Waals surface area (Å²) in [6.45, 7) is 2.26. The van der Waals surface area contributed by atoms with Gasteiger partial charge in [-0.2, -0.15) is 26.3 Å². The summed E-state index contributed by atoms with van der Waals surface area (Å²) in [6.07, 6.45) is -1.38. The van der Waals surface area contributed by atoms with E-state index < -0.39 is 51.8 Å². The van der Waals surface area contributed by atoms with E-state index in [4.69, 9.17) is 0 Å². The molecule has 2 aromatic rings. The maximum atomic E-state index is 13.2. The SMILES string of the molecule is CCCCCCCCCC(=O)N[C@@H](CCCCNc1c(Nc2cc(C(F)(F)F)cc(C(F)(F)F)c2)c(=O)c1=O)C(=O)N(C)C. The quantitative estimate of drug-likeness (QED) is 0.100. The van der Waals surface area contributed by atoms with Gasteiger partial charge < -0.3 is 20.9 Å². The van der Waals surface area contributed by atoms with Gasteiger partial charge in [0.1, 0.15) is 17.4 Å². The number of benzene rings is 1. The number of unbranched alkanes of at least 4 members (excludes halogenated alkanes) is 7. The number of anilines is 3. The highest BCUT2D eigenvalue weighted by atomic mass is 19.4. The van der Waals surface area contributed by atoms with Crippen LogP contribution in [0.15, 0.2) is 27.8 Å². The highest BCUT2D eigenvalue weighted by Gasteiger charge is 2.37. The van der Waals surface area contributed by atoms with Crippen LogP contribution in [0.2, 0.25) is 0 Å². The maximum absolute atomic E-state index is 13.2. The van der Waals surface area contributed by atoms with Crippen molar-refractivity contribution in [3.8, 4) is 0 Å². The van der Waals surface area contributed by atoms with Gasteiger partial charge in [0, 0.05) is 32.7 Å². The van der Waals surface area contributed by atoms with Crippen LogP contribution in [0.5, 0.6) is 0 Å². The van der Waals surface area contributed by atoms with E-state index in [2.05, 4.69) is 22.9 Å². The molecule has 0 saturated carbocycles. The Labute approximate surface area is 252 Å². The van der Waals surface area contributed by atoms with Gasteiger partial charge in [0.15, 0.2) is 0 Å². The van der Waals surface area contributed by atoms with Gasteiger partial charge in [0.05, 0.1) is 11.1 Å². The molecule has 3 N–H and O–H groups in total. The normalized spacial score (nSPS) is 12.7. The van der Waals surface area contributed by atoms with Crippen molar-refractivity contribution in [3.05, 3.63) is 49.8 Å². The van der Waals surface area contributed by atoms with Crippen LogP contribution < -0.4 is 26.8 Å². The van der Waals surface area contributed by atoms with Crippen molar-refractivity contribution in [2.24, 2.45) is 0 Å². The highest BCUT2D eigenvalue weighted by Crippen LogP contribution is 2.38. The number of likely N-dealkylation sites (N-methyl/N-ethyl adjacent to an activating group) is 1. The summed E-state index contributed by atoms with van der Waals surface area (Å²) in [5.41, 5.74) is -6.54. The van der Waals surface area contributed by atoms with Gasteiger partial charge in [-0.05, 0) is 43.9 Å². The van der Waals surface area contributed by atoms with E-state index in [9.17, 15) is 45.5 Å². The van der Waals surface area contributed by atoms with Crippen molar-refractivity contribution in [1.82, 2.24) is 10.2 Å². The molecule has 2 aromatic carbocycles. The fraction of sp³-hybridized carbons (Fsp3) is 0.600. The molecule has 0 aliphatic rings. The lowest BCUT2D eigenvalue weighted by Gasteiger charge is -2.22. The largest absolute Gasteiger partial charge is 0.416 e. The third-order valence-electron chi connectivity index (χ3n) is 7.07. The van der Waals surface area contributed by atoms with Crippen LogP contribution in [-0.2, 0) is 21.9 Å². The Morgan fingerprint density at radius 1 is 0.773 bits per heavy atom. The average molecular weight is 635 g/mol. The van der Waals surface area contributed by atoms with Crippen LogP contribution in [0.3, 0.4) is 0 Å². The summed E-state index contributed by atoms with van der Waals surface area (Å²) in [6, 6.07) is 0.0345. The van der Waals surface area contributed by atoms with Crippen LogP contribution in [-0.4, -0.2) is 43.4 Å². The molecule has 0 aromatic heterocycles. The Kier molecular flexibility index (Phi) is 13.7. The number of carbonyl (C=O) groups excluding carboxylic acids is 2. The van der Waals surface area contributed by atoms with Crippen molar-refractivity contribution in [2.45, 2.75) is 95.9 Å². The highest BCUT2D eigenvalue weighted by molar-refractivity contribution is 5.87. The Morgan fingerprint density at radius 2 is 1.32 bits per heavy atom. The second-order valence-corrected chi connectivity index (χ2v) is 11.0. The topological polar surface area (TPSA) is 108 Å². The predicted octanol–water partition coefficient (Wildman–Crippen LogP) is 6.36. The summed E-state index contributed by atoms with van der Waals surface area (Å²) in [7, 11) is 3.14. The minimum atomic E-state index is -5.08. The number of hydrogen-bond acceptors (Lipinski definition) is 6. The van der Waals surface area contributed by atoms with E-state index >= 15 is 0 Å². The molecule has 0 bridgehead atoms. The molecule has 0 spiro atoms. The standard InChI is InChI=1S/C30H40F6N4O4/c1-4-5-6-7-8-9-10-14-23(41)39-22(28(44)40(2)3)13-11-12-15-37-24-25(27(43)26(24)42)38-21-17-19(29(31,32)33)16-20(18-21)30(34,35)36/h16-18,22,37-38H,4-15H2,1-3H3,(H,39,41)/t22-/m0/s1. The van der Waals surface area contributed by atoms with Gasteiger partial charge >= 0.3 is 12.4 Å². The first-order valence-corrected chi connectivity index (χ1v) is 14.7. The Balaban J connectivity index is 1.94. The van der Waals surface area contributed by atoms with Crippen molar-refractivity contribution in [2.75, 3.05) is 31.3 Å². The van der Waals surface area contributed by atoms with Crippen LogP contribution >= 0.6 is 0 Å². The van der Waals surface area contributed by atoms with Crippen LogP contribution in [0.4, 0.5) is 43.4 Å². The molecule has 14 heteroatoms. The van der Waals surface area contributed by atoms with E-state index in [-0.39, 0.29) is 30.1 Å². The molecular weight excluding hydrogens is 594 g/mol. The van der Waals surface area contributed by atoms with Gasteiger partial charge in [0.2, 0.25) is 11.8 Å². The number of hydrogen-bond donors (Lipinski definition) is 3. The second kappa shape index (κ2) is 16.5. The molecule has 0 fully saturated rings. The molecule has 1 atom stereocenters. The summed E-state index contributed by atoms with van der Waals surface area (Å²) in [5.74, 6) is -0.501. The van der Waals surface area contributed by atoms with Gasteiger partial charge in [-0.1, -0.05) is 45.4 Å². The molecule has 2 rings (SSSR count). The zero-order chi connectivity index (χ0) is 33.1. The Morgan fingerprint density at radius 3 is 1.86 bits per heavy atom. The smallest absolute Gasteiger partial charge is 0.380 e. The first kappa shape index (κ1) is 36.6. The lowest BCUT2D eigenvalue weighted by molar-refractivity contribution is -0.143. The lowest BCUT2D eigenvalue weighted by atomic mass is 10.1. The fourth-order valence-electron chi connectivity index (χ4n) is 4.62. The molecule has 0 aliphatic carbocycles. The first-order chi connectivity index (χ1) is 20.6. The average Bonchev–Trinajstić information content (AvgIpc) is 2.95. The molecular formula is C30H40F6N4O4. The fourth-order valence-corrected chi connectivity index (χ4v) is 4.62. The van der Waals surface area contributed by atoms with Crippen molar-refractivity contribution >= 4 is 28.9 Å². The molecule has 0 aliphatic heterocycles. The van der Waals surface area contributed by atoms with E-state index in [0.717, 1.165) is 32.1 Å². The predicted molar refractivity (Wildman–Crippen MR) is 157 cm³/mol. The second-order valence-electron chi connectivity index (χ2n) is 11.0. The number of nitrogens with one attached hydrogen (secondary N) is 3. The number of carbonyl (C=O) groups is 2. The summed E-state index contributed by atoms with van der Waals surface area (Å²) in [5, 5.41) is 7.70. The lowest BCUT2D eigenvalue weighted by Crippen LogP contribution is -2.46. The van der Waals surface area contributed by atoms with Crippen LogP contribution in [0.1, 0.15) is 88.7 Å². The third-order valence-corrected chi connectivity index (χ3v) is 7.07. The Bertz CT molecular complexity index is 1280. The number of halogens is 6. The van der Waals surface area contributed by atoms with Gasteiger partial charge in [-0.25, -0.2) is 0 Å². The van der Waals surface area contributed by atoms with Crippen molar-refractivity contribution in [1.29, 1.82) is 0 Å². The molecule has 246 valence electrons. The molecule has 0 heterocycles. The Hall–Kier alpha value is -3.58. The molecule has 8 nitrogen and oxygen atoms in total. The number of amides is 2. The van der Waals surface area contributed by atoms with Crippen molar-refractivity contribution < 1.29 is 35.9 Å². The minimum absolute atomic E-state index is 0.0429. The molecule has 0 unspecified atom stereocenters. The summed E-state index contributed by atoms with van der Waals surface area (Å²) in [4.78, 5) is 50.6. The van der Waals surface area contributed by atoms with Gasteiger partial charge in [-0.15, -0.1) is 0 Å². The monoisotopic (exact) mass is 634 g/mol.